The number of nitrogens with zero attached hydrogens (tertiary/aromatic N) is 2. The molecule has 0 atom stereocenters. The number of carbonyl (C=O) groups excluding carboxylic acids is 1. The fourth-order valence-electron chi connectivity index (χ4n) is 5.68. The zero-order valence-electron chi connectivity index (χ0n) is 23.4. The van der Waals surface area contributed by atoms with Crippen LogP contribution in [-0.4, -0.2) is 41.7 Å². The SMILES string of the molecule is CC(=N)N1CCC(Oc2ccc3c(c2)C(=Cc2ccc(Cl)cc2)C(=O)N3Cc2ccc3ccc(C(=N)N)cc3c2)CC1. The minimum atomic E-state index is -0.0792. The summed E-state index contributed by atoms with van der Waals surface area (Å²) in [7, 11) is 0. The molecule has 0 saturated carbocycles. The predicted octanol–water partition coefficient (Wildman–Crippen LogP) is 6.71. The largest absolute Gasteiger partial charge is 0.490 e. The van der Waals surface area contributed by atoms with Crippen molar-refractivity contribution in [3.8, 4) is 5.75 Å². The van der Waals surface area contributed by atoms with Crippen molar-refractivity contribution in [3.05, 3.63) is 106 Å². The molecule has 4 aromatic rings. The number of fused-ring (bicyclic) bond motifs is 2. The highest BCUT2D eigenvalue weighted by atomic mass is 35.5. The van der Waals surface area contributed by atoms with Gasteiger partial charge in [0.15, 0.2) is 0 Å². The van der Waals surface area contributed by atoms with Gasteiger partial charge in [-0.1, -0.05) is 48.0 Å². The van der Waals surface area contributed by atoms with E-state index in [2.05, 4.69) is 11.0 Å². The van der Waals surface area contributed by atoms with Gasteiger partial charge in [-0.25, -0.2) is 0 Å². The molecule has 42 heavy (non-hydrogen) atoms. The summed E-state index contributed by atoms with van der Waals surface area (Å²) in [4.78, 5) is 17.8. The van der Waals surface area contributed by atoms with E-state index < -0.39 is 0 Å². The number of carbonyl (C=O) groups is 1. The Morgan fingerprint density at radius 1 is 0.976 bits per heavy atom. The van der Waals surface area contributed by atoms with Crippen LogP contribution in [0.15, 0.2) is 78.9 Å². The second kappa shape index (κ2) is 11.3. The predicted molar refractivity (Wildman–Crippen MR) is 171 cm³/mol. The fraction of sp³-hybridized carbons (Fsp3) is 0.206. The number of benzene rings is 4. The first kappa shape index (κ1) is 27.5. The zero-order chi connectivity index (χ0) is 29.4. The normalized spacial score (nSPS) is 16.2. The van der Waals surface area contributed by atoms with E-state index in [1.807, 2.05) is 90.7 Å². The Balaban J connectivity index is 1.32. The topological polar surface area (TPSA) is 107 Å². The van der Waals surface area contributed by atoms with Gasteiger partial charge < -0.3 is 20.3 Å². The molecule has 0 radical (unpaired) electrons. The number of nitrogens with one attached hydrogen (secondary N) is 2. The highest BCUT2D eigenvalue weighted by Gasteiger charge is 2.33. The summed E-state index contributed by atoms with van der Waals surface area (Å²) in [6.07, 6.45) is 3.66. The molecule has 1 amide bonds. The Labute approximate surface area is 250 Å². The Morgan fingerprint density at radius 2 is 1.71 bits per heavy atom. The van der Waals surface area contributed by atoms with Crippen LogP contribution in [0, 0.1) is 10.8 Å². The molecule has 0 aromatic heterocycles. The molecule has 1 saturated heterocycles. The van der Waals surface area contributed by atoms with Gasteiger partial charge in [-0.15, -0.1) is 0 Å². The second-order valence-corrected chi connectivity index (χ2v) is 11.3. The van der Waals surface area contributed by atoms with Crippen molar-refractivity contribution in [1.29, 1.82) is 10.8 Å². The molecule has 212 valence electrons. The number of amides is 1. The summed E-state index contributed by atoms with van der Waals surface area (Å²) in [6.45, 7) is 3.82. The number of likely N-dealkylation sites (tertiary alicyclic amines) is 1. The average molecular weight is 578 g/mol. The highest BCUT2D eigenvalue weighted by molar-refractivity contribution is 6.36. The number of piperidine rings is 1. The first-order valence-electron chi connectivity index (χ1n) is 14.0. The molecule has 7 nitrogen and oxygen atoms in total. The van der Waals surface area contributed by atoms with E-state index >= 15 is 0 Å². The number of nitrogens with two attached hydrogens (primary N) is 1. The van der Waals surface area contributed by atoms with Crippen LogP contribution in [0.2, 0.25) is 5.02 Å². The minimum absolute atomic E-state index is 0.0244. The van der Waals surface area contributed by atoms with Crippen molar-refractivity contribution in [1.82, 2.24) is 4.90 Å². The van der Waals surface area contributed by atoms with E-state index in [1.54, 1.807) is 0 Å². The van der Waals surface area contributed by atoms with Crippen LogP contribution in [0.25, 0.3) is 22.4 Å². The van der Waals surface area contributed by atoms with Gasteiger partial charge in [0.25, 0.3) is 5.91 Å². The first-order valence-corrected chi connectivity index (χ1v) is 14.4. The van der Waals surface area contributed by atoms with E-state index in [0.29, 0.717) is 28.5 Å². The van der Waals surface area contributed by atoms with E-state index in [1.165, 1.54) is 0 Å². The summed E-state index contributed by atoms with van der Waals surface area (Å²) < 4.78 is 6.39. The van der Waals surface area contributed by atoms with E-state index in [9.17, 15) is 4.79 Å². The summed E-state index contributed by atoms with van der Waals surface area (Å²) in [5.74, 6) is 1.27. The molecule has 0 aliphatic carbocycles. The lowest BCUT2D eigenvalue weighted by Gasteiger charge is -2.32. The Morgan fingerprint density at radius 3 is 2.43 bits per heavy atom. The molecule has 8 heteroatoms. The molecule has 0 bridgehead atoms. The molecule has 4 aromatic carbocycles. The van der Waals surface area contributed by atoms with Gasteiger partial charge in [0.1, 0.15) is 17.7 Å². The van der Waals surface area contributed by atoms with E-state index in [4.69, 9.17) is 32.9 Å². The fourth-order valence-corrected chi connectivity index (χ4v) is 5.80. The Bertz CT molecular complexity index is 1740. The Kier molecular flexibility index (Phi) is 7.43. The lowest BCUT2D eigenvalue weighted by molar-refractivity contribution is -0.113. The monoisotopic (exact) mass is 577 g/mol. The maximum absolute atomic E-state index is 14.0. The lowest BCUT2D eigenvalue weighted by Crippen LogP contribution is -2.40. The lowest BCUT2D eigenvalue weighted by atomic mass is 10.0. The third kappa shape index (κ3) is 5.60. The molecule has 2 aliphatic rings. The van der Waals surface area contributed by atoms with Gasteiger partial charge in [0.2, 0.25) is 0 Å². The molecule has 4 N–H and O–H groups in total. The van der Waals surface area contributed by atoms with Gasteiger partial charge in [0.05, 0.1) is 18.1 Å². The van der Waals surface area contributed by atoms with Crippen LogP contribution in [0.4, 0.5) is 5.69 Å². The quantitative estimate of drug-likeness (QED) is 0.135. The summed E-state index contributed by atoms with van der Waals surface area (Å²) in [5.41, 5.74) is 10.5. The van der Waals surface area contributed by atoms with Gasteiger partial charge in [-0.05, 0) is 77.4 Å². The van der Waals surface area contributed by atoms with Crippen LogP contribution >= 0.6 is 11.6 Å². The van der Waals surface area contributed by atoms with Crippen LogP contribution in [0.5, 0.6) is 5.75 Å². The number of hydrogen-bond acceptors (Lipinski definition) is 4. The van der Waals surface area contributed by atoms with Crippen LogP contribution < -0.4 is 15.4 Å². The van der Waals surface area contributed by atoms with Crippen LogP contribution in [0.1, 0.15) is 42.0 Å². The minimum Gasteiger partial charge on any atom is -0.490 e. The molecule has 6 rings (SSSR count). The maximum atomic E-state index is 14.0. The van der Waals surface area contributed by atoms with Gasteiger partial charge in [0, 0.05) is 47.7 Å². The van der Waals surface area contributed by atoms with Crippen molar-refractivity contribution in [2.75, 3.05) is 18.0 Å². The summed E-state index contributed by atoms with van der Waals surface area (Å²) >= 11 is 6.11. The Hall–Kier alpha value is -4.62. The van der Waals surface area contributed by atoms with Gasteiger partial charge >= 0.3 is 0 Å². The zero-order valence-corrected chi connectivity index (χ0v) is 24.1. The van der Waals surface area contributed by atoms with Gasteiger partial charge in [-0.2, -0.15) is 0 Å². The first-order chi connectivity index (χ1) is 20.2. The van der Waals surface area contributed by atoms with Crippen LogP contribution in [-0.2, 0) is 11.3 Å². The van der Waals surface area contributed by atoms with Crippen molar-refractivity contribution < 1.29 is 9.53 Å². The van der Waals surface area contributed by atoms with E-state index in [0.717, 1.165) is 64.8 Å². The number of amidine groups is 2. The summed E-state index contributed by atoms with van der Waals surface area (Å²) in [6, 6.07) is 25.1. The van der Waals surface area contributed by atoms with Gasteiger partial charge in [-0.3, -0.25) is 15.6 Å². The number of rotatable bonds is 6. The number of halogens is 1. The standard InChI is InChI=1S/C34H32ClN5O2/c1-21(36)39-14-12-28(13-15-39)42-29-10-11-32-30(19-29)31(17-22-3-8-27(35)9-4-22)34(41)40(32)20-23-2-5-24-6-7-25(33(37)38)18-26(24)16-23/h2-11,16-19,28,36H,12-15,20H2,1H3,(H3,37,38). The molecule has 1 fully saturated rings. The molecular formula is C34H32ClN5O2. The van der Waals surface area contributed by atoms with Crippen molar-refractivity contribution in [2.45, 2.75) is 32.4 Å². The number of anilines is 1. The molecule has 2 aliphatic heterocycles. The molecule has 2 heterocycles. The second-order valence-electron chi connectivity index (χ2n) is 10.9. The molecular weight excluding hydrogens is 546 g/mol. The third-order valence-corrected chi connectivity index (χ3v) is 8.23. The van der Waals surface area contributed by atoms with Crippen molar-refractivity contribution in [3.63, 3.8) is 0 Å². The number of ether oxygens (including phenoxy) is 1. The smallest absolute Gasteiger partial charge is 0.259 e. The average Bonchev–Trinajstić information content (AvgIpc) is 3.23. The maximum Gasteiger partial charge on any atom is 0.259 e. The number of nitrogen functional groups attached to an aromatic ring is 1. The summed E-state index contributed by atoms with van der Waals surface area (Å²) in [5, 5.41) is 18.3. The van der Waals surface area contributed by atoms with Crippen molar-refractivity contribution in [2.24, 2.45) is 5.73 Å². The molecule has 0 spiro atoms. The third-order valence-electron chi connectivity index (χ3n) is 7.98. The highest BCUT2D eigenvalue weighted by Crippen LogP contribution is 2.41. The van der Waals surface area contributed by atoms with E-state index in [-0.39, 0.29) is 17.8 Å². The van der Waals surface area contributed by atoms with Crippen molar-refractivity contribution >= 4 is 57.3 Å². The molecule has 0 unspecified atom stereocenters. The van der Waals surface area contributed by atoms with Crippen LogP contribution in [0.3, 0.4) is 0 Å². The number of hydrogen-bond donors (Lipinski definition) is 3.